The largest absolute Gasteiger partial charge is 0.344 e. The molecular formula is C23H34N6O4. The van der Waals surface area contributed by atoms with Gasteiger partial charge in [0.25, 0.3) is 0 Å². The van der Waals surface area contributed by atoms with Crippen molar-refractivity contribution in [2.24, 2.45) is 34.3 Å². The van der Waals surface area contributed by atoms with Gasteiger partial charge in [0.05, 0.1) is 12.1 Å². The molecule has 3 saturated heterocycles. The highest BCUT2D eigenvalue weighted by Crippen LogP contribution is 2.65. The molecule has 3 heterocycles. The van der Waals surface area contributed by atoms with Crippen LogP contribution in [0.4, 0.5) is 0 Å². The van der Waals surface area contributed by atoms with Gasteiger partial charge in [0.2, 0.25) is 23.6 Å². The van der Waals surface area contributed by atoms with Crippen LogP contribution in [0, 0.1) is 39.9 Å². The van der Waals surface area contributed by atoms with Gasteiger partial charge in [0.15, 0.2) is 0 Å². The van der Waals surface area contributed by atoms with Gasteiger partial charge in [-0.3, -0.25) is 19.2 Å². The summed E-state index contributed by atoms with van der Waals surface area (Å²) in [7, 11) is 1.64. The van der Waals surface area contributed by atoms with Crippen LogP contribution in [0.25, 0.3) is 0 Å². The van der Waals surface area contributed by atoms with E-state index in [-0.39, 0.29) is 60.3 Å². The lowest BCUT2D eigenvalue weighted by atomic mass is 9.83. The molecule has 0 spiro atoms. The highest BCUT2D eigenvalue weighted by molar-refractivity contribution is 5.94. The lowest BCUT2D eigenvalue weighted by Crippen LogP contribution is -2.60. The van der Waals surface area contributed by atoms with Gasteiger partial charge in [0, 0.05) is 31.5 Å². The minimum atomic E-state index is -0.925. The summed E-state index contributed by atoms with van der Waals surface area (Å²) in [4.78, 5) is 55.5. The van der Waals surface area contributed by atoms with Crippen molar-refractivity contribution in [1.82, 2.24) is 20.4 Å². The number of piperidine rings is 1. The first-order valence-electron chi connectivity index (χ1n) is 11.6. The Morgan fingerprint density at radius 2 is 1.70 bits per heavy atom. The standard InChI is InChI=1S/C23H34N6O4/c1-22(2)10-28(5)20(32)14-7-11(18(30)27-14)6-12(8-24)26-19(31)16-15-13(23(15,3)4)9-29(16)21(33)17(22)25/h11-17H,6-7,9-10,25H2,1-5H3,(H,26,31)(H,27,30)/t11-,12?,13+,14+,15+,16+,17-/m1/s1. The van der Waals surface area contributed by atoms with E-state index in [1.54, 1.807) is 11.9 Å². The monoisotopic (exact) mass is 458 g/mol. The van der Waals surface area contributed by atoms with Gasteiger partial charge in [-0.1, -0.05) is 27.7 Å². The predicted octanol–water partition coefficient (Wildman–Crippen LogP) is -0.802. The number of likely N-dealkylation sites (N-methyl/N-ethyl adjacent to an activating group) is 1. The number of carbonyl (C=O) groups excluding carboxylic acids is 4. The average Bonchev–Trinajstić information content (AvgIpc) is 3.08. The van der Waals surface area contributed by atoms with E-state index >= 15 is 0 Å². The highest BCUT2D eigenvalue weighted by atomic mass is 16.2. The van der Waals surface area contributed by atoms with Crippen LogP contribution in [0.1, 0.15) is 40.5 Å². The smallest absolute Gasteiger partial charge is 0.244 e. The van der Waals surface area contributed by atoms with E-state index in [9.17, 15) is 24.4 Å². The third kappa shape index (κ3) is 3.76. The normalized spacial score (nSPS) is 40.1. The van der Waals surface area contributed by atoms with E-state index in [4.69, 9.17) is 5.73 Å². The van der Waals surface area contributed by atoms with Crippen molar-refractivity contribution in [2.45, 2.75) is 64.7 Å². The number of fused-ring (bicyclic) bond motifs is 5. The Morgan fingerprint density at radius 1 is 1.03 bits per heavy atom. The molecule has 4 amide bonds. The van der Waals surface area contributed by atoms with Crippen LogP contribution < -0.4 is 16.4 Å². The van der Waals surface area contributed by atoms with Crippen LogP contribution in [0.5, 0.6) is 0 Å². The highest BCUT2D eigenvalue weighted by Gasteiger charge is 2.69. The van der Waals surface area contributed by atoms with Crippen LogP contribution in [0.2, 0.25) is 0 Å². The molecule has 1 saturated carbocycles. The summed E-state index contributed by atoms with van der Waals surface area (Å²) >= 11 is 0. The van der Waals surface area contributed by atoms with Crippen molar-refractivity contribution >= 4 is 23.6 Å². The van der Waals surface area contributed by atoms with Crippen LogP contribution in [-0.4, -0.2) is 77.7 Å². The fourth-order valence-corrected chi connectivity index (χ4v) is 6.17. The summed E-state index contributed by atoms with van der Waals surface area (Å²) in [5, 5.41) is 15.2. The second-order valence-corrected chi connectivity index (χ2v) is 11.5. The predicted molar refractivity (Wildman–Crippen MR) is 118 cm³/mol. The number of carbonyl (C=O) groups is 4. The maximum atomic E-state index is 13.5. The van der Waals surface area contributed by atoms with Gasteiger partial charge in [-0.05, 0) is 30.1 Å². The first-order chi connectivity index (χ1) is 15.3. The molecule has 0 radical (unpaired) electrons. The summed E-state index contributed by atoms with van der Waals surface area (Å²) in [5.74, 6) is -1.61. The minimum absolute atomic E-state index is 0.00444. The van der Waals surface area contributed by atoms with Crippen molar-refractivity contribution in [3.8, 4) is 6.07 Å². The van der Waals surface area contributed by atoms with Gasteiger partial charge in [-0.15, -0.1) is 0 Å². The van der Waals surface area contributed by atoms with Crippen molar-refractivity contribution in [1.29, 1.82) is 5.26 Å². The minimum Gasteiger partial charge on any atom is -0.344 e. The average molecular weight is 459 g/mol. The molecule has 2 bridgehead atoms. The molecule has 10 heteroatoms. The quantitative estimate of drug-likeness (QED) is 0.433. The molecule has 4 N–H and O–H groups in total. The number of amides is 4. The summed E-state index contributed by atoms with van der Waals surface area (Å²) in [5.41, 5.74) is 5.61. The maximum Gasteiger partial charge on any atom is 0.244 e. The van der Waals surface area contributed by atoms with Crippen molar-refractivity contribution in [3.63, 3.8) is 0 Å². The Morgan fingerprint density at radius 3 is 2.33 bits per heavy atom. The number of nitriles is 1. The van der Waals surface area contributed by atoms with Crippen LogP contribution in [0.3, 0.4) is 0 Å². The van der Waals surface area contributed by atoms with Crippen LogP contribution in [-0.2, 0) is 19.2 Å². The zero-order valence-electron chi connectivity index (χ0n) is 19.9. The van der Waals surface area contributed by atoms with Gasteiger partial charge in [-0.2, -0.15) is 5.26 Å². The Balaban J connectivity index is 1.69. The van der Waals surface area contributed by atoms with Crippen LogP contribution >= 0.6 is 0 Å². The Kier molecular flexibility index (Phi) is 5.47. The van der Waals surface area contributed by atoms with E-state index < -0.39 is 35.5 Å². The van der Waals surface area contributed by atoms with Crippen molar-refractivity contribution in [2.75, 3.05) is 20.1 Å². The fourth-order valence-electron chi connectivity index (χ4n) is 6.17. The zero-order chi connectivity index (χ0) is 24.5. The zero-order valence-corrected chi connectivity index (χ0v) is 19.9. The van der Waals surface area contributed by atoms with Crippen LogP contribution in [0.15, 0.2) is 0 Å². The molecule has 0 aromatic rings. The molecule has 0 aromatic heterocycles. The third-order valence-electron chi connectivity index (χ3n) is 8.39. The van der Waals surface area contributed by atoms with E-state index in [1.165, 1.54) is 4.90 Å². The Labute approximate surface area is 194 Å². The van der Waals surface area contributed by atoms with Gasteiger partial charge in [-0.25, -0.2) is 0 Å². The second kappa shape index (κ2) is 7.69. The number of nitrogens with zero attached hydrogens (tertiary/aromatic N) is 3. The molecule has 10 nitrogen and oxygen atoms in total. The van der Waals surface area contributed by atoms with E-state index in [1.807, 2.05) is 13.8 Å². The number of nitrogens with two attached hydrogens (primary N) is 1. The summed E-state index contributed by atoms with van der Waals surface area (Å²) in [6.07, 6.45) is 0.374. The number of nitrogens with one attached hydrogen (secondary N) is 2. The molecule has 1 aliphatic carbocycles. The van der Waals surface area contributed by atoms with E-state index in [0.717, 1.165) is 0 Å². The van der Waals surface area contributed by atoms with Gasteiger partial charge < -0.3 is 26.2 Å². The molecule has 0 aromatic carbocycles. The molecule has 33 heavy (non-hydrogen) atoms. The SMILES string of the molecule is CN1CC(C)(C)[C@H](N)C(=O)N2C[C@H]3[C@@H]([C@H]2C(=O)NC(C#N)C[C@@H]2C[C@H](NC2=O)C1=O)C3(C)C. The van der Waals surface area contributed by atoms with E-state index in [0.29, 0.717) is 6.54 Å². The molecule has 4 fully saturated rings. The topological polar surface area (TPSA) is 149 Å². The van der Waals surface area contributed by atoms with Gasteiger partial charge >= 0.3 is 0 Å². The van der Waals surface area contributed by atoms with E-state index in [2.05, 4.69) is 30.6 Å². The summed E-state index contributed by atoms with van der Waals surface area (Å²) in [6, 6.07) is -1.15. The summed E-state index contributed by atoms with van der Waals surface area (Å²) in [6.45, 7) is 8.49. The van der Waals surface area contributed by atoms with Gasteiger partial charge in [0.1, 0.15) is 18.1 Å². The molecule has 1 unspecified atom stereocenters. The molecule has 4 rings (SSSR count). The Hall–Kier alpha value is -2.67. The second-order valence-electron chi connectivity index (χ2n) is 11.5. The lowest BCUT2D eigenvalue weighted by Gasteiger charge is -2.39. The number of hydrogen-bond acceptors (Lipinski definition) is 6. The summed E-state index contributed by atoms with van der Waals surface area (Å²) < 4.78 is 0. The lowest BCUT2D eigenvalue weighted by molar-refractivity contribution is -0.144. The molecule has 3 aliphatic heterocycles. The molecule has 7 atom stereocenters. The molecule has 4 aliphatic rings. The fraction of sp³-hybridized carbons (Fsp3) is 0.783. The van der Waals surface area contributed by atoms with Crippen molar-refractivity contribution < 1.29 is 19.2 Å². The number of rotatable bonds is 0. The first kappa shape index (κ1) is 23.5. The molecular weight excluding hydrogens is 424 g/mol. The third-order valence-corrected chi connectivity index (χ3v) is 8.39. The first-order valence-corrected chi connectivity index (χ1v) is 11.6. The maximum absolute atomic E-state index is 13.5. The molecule has 180 valence electrons. The Bertz CT molecular complexity index is 940. The van der Waals surface area contributed by atoms with Crippen molar-refractivity contribution in [3.05, 3.63) is 0 Å². The number of hydrogen-bond donors (Lipinski definition) is 3.